The number of hydrogen-bond donors (Lipinski definition) is 0. The molecule has 0 N–H and O–H groups in total. The molecule has 0 aromatic heterocycles. The summed E-state index contributed by atoms with van der Waals surface area (Å²) in [5.41, 5.74) is 6.39. The molecule has 0 spiro atoms. The van der Waals surface area contributed by atoms with Gasteiger partial charge < -0.3 is 0 Å². The second-order valence-corrected chi connectivity index (χ2v) is 11.5. The number of fused-ring (bicyclic) bond motifs is 3. The van der Waals surface area contributed by atoms with Crippen molar-refractivity contribution in [2.24, 2.45) is 11.8 Å². The molecule has 0 heterocycles. The molecule has 1 radical (unpaired) electrons. The normalized spacial score (nSPS) is 14.7. The summed E-state index contributed by atoms with van der Waals surface area (Å²) in [4.78, 5) is 0. The second-order valence-electron chi connectivity index (χ2n) is 11.5. The van der Waals surface area contributed by atoms with Crippen molar-refractivity contribution in [3.05, 3.63) is 85.0 Å². The summed E-state index contributed by atoms with van der Waals surface area (Å²) in [5, 5.41) is 0. The van der Waals surface area contributed by atoms with Crippen LogP contribution in [0.3, 0.4) is 0 Å². The van der Waals surface area contributed by atoms with Crippen molar-refractivity contribution in [3.8, 4) is 11.1 Å². The van der Waals surface area contributed by atoms with Gasteiger partial charge in [0.25, 0.3) is 0 Å². The summed E-state index contributed by atoms with van der Waals surface area (Å²) in [5.74, 6) is 1.35. The fourth-order valence-corrected chi connectivity index (χ4v) is 7.37. The third-order valence-corrected chi connectivity index (χ3v) is 9.06. The van der Waals surface area contributed by atoms with Crippen LogP contribution in [-0.2, 0) is 5.41 Å². The zero-order valence-corrected chi connectivity index (χ0v) is 28.3. The van der Waals surface area contributed by atoms with Crippen LogP contribution in [0, 0.1) is 11.8 Å². The predicted octanol–water partition coefficient (Wildman–Crippen LogP) is 11.5. The molecule has 2 atom stereocenters. The van der Waals surface area contributed by atoms with E-state index in [0.29, 0.717) is 11.8 Å². The van der Waals surface area contributed by atoms with Crippen LogP contribution in [0.25, 0.3) is 11.1 Å². The number of hydrogen-bond acceptors (Lipinski definition) is 0. The van der Waals surface area contributed by atoms with Gasteiger partial charge in [-0.3, -0.25) is 0 Å². The van der Waals surface area contributed by atoms with E-state index in [-0.39, 0.29) is 56.8 Å². The molecule has 0 nitrogen and oxygen atoms in total. The maximum absolute atomic E-state index is 4.06. The van der Waals surface area contributed by atoms with Crippen LogP contribution in [-0.4, -0.2) is 51.4 Å². The van der Waals surface area contributed by atoms with Crippen LogP contribution in [0.1, 0.15) is 128 Å². The Morgan fingerprint density at radius 2 is 0.974 bits per heavy atom. The molecule has 203 valence electrons. The quantitative estimate of drug-likeness (QED) is 0.0895. The molecule has 1 aliphatic rings. The van der Waals surface area contributed by atoms with Gasteiger partial charge in [-0.25, -0.2) is 0 Å². The minimum atomic E-state index is 0. The molecule has 0 aliphatic heterocycles. The monoisotopic (exact) mass is 537 g/mol. The standard InChI is InChI=1S/C37H54.K/c1-5-9-13-17-25-31(23-15-11-7-3)37(32(24-16-12-8-4)26-18-14-10-6-2)35-29-21-19-27-33(35)34-28-20-22-30-36(34)37;/h7-8,19-22,27-32H,3-6,9-18,23-26H2,1-2H3;. The van der Waals surface area contributed by atoms with E-state index in [0.717, 1.165) is 12.8 Å². The molecule has 2 aromatic rings. The van der Waals surface area contributed by atoms with Gasteiger partial charge in [0.05, 0.1) is 0 Å². The molecule has 2 aromatic carbocycles. The van der Waals surface area contributed by atoms with Gasteiger partial charge in [-0.1, -0.05) is 126 Å². The van der Waals surface area contributed by atoms with Gasteiger partial charge in [-0.2, -0.15) is 0 Å². The Hall–Kier alpha value is -0.444. The van der Waals surface area contributed by atoms with Gasteiger partial charge >= 0.3 is 0 Å². The summed E-state index contributed by atoms with van der Waals surface area (Å²) in [7, 11) is 0. The van der Waals surface area contributed by atoms with Crippen molar-refractivity contribution in [2.75, 3.05) is 0 Å². The van der Waals surface area contributed by atoms with E-state index in [4.69, 9.17) is 0 Å². The van der Waals surface area contributed by atoms with Crippen LogP contribution in [0.4, 0.5) is 0 Å². The molecule has 0 amide bonds. The average Bonchev–Trinajstić information content (AvgIpc) is 3.23. The smallest absolute Gasteiger partial charge is 0.0271 e. The molecule has 0 saturated heterocycles. The van der Waals surface area contributed by atoms with Crippen LogP contribution in [0.5, 0.6) is 0 Å². The van der Waals surface area contributed by atoms with E-state index in [2.05, 4.69) is 87.7 Å². The van der Waals surface area contributed by atoms with E-state index in [1.165, 1.54) is 101 Å². The van der Waals surface area contributed by atoms with Crippen LogP contribution < -0.4 is 0 Å². The van der Waals surface area contributed by atoms with Crippen LogP contribution in [0.15, 0.2) is 73.8 Å². The van der Waals surface area contributed by atoms with Crippen molar-refractivity contribution in [1.29, 1.82) is 0 Å². The maximum atomic E-state index is 4.06. The topological polar surface area (TPSA) is 0 Å². The van der Waals surface area contributed by atoms with Crippen LogP contribution >= 0.6 is 0 Å². The van der Waals surface area contributed by atoms with Gasteiger partial charge in [-0.15, -0.1) is 13.2 Å². The number of benzene rings is 2. The Morgan fingerprint density at radius 1 is 0.579 bits per heavy atom. The van der Waals surface area contributed by atoms with Gasteiger partial charge in [0.2, 0.25) is 0 Å². The first-order chi connectivity index (χ1) is 18.2. The van der Waals surface area contributed by atoms with Gasteiger partial charge in [-0.05, 0) is 85.5 Å². The number of allylic oxidation sites excluding steroid dienone is 2. The molecular weight excluding hydrogens is 484 g/mol. The molecule has 3 rings (SSSR count). The van der Waals surface area contributed by atoms with Gasteiger partial charge in [0, 0.05) is 56.8 Å². The molecule has 38 heavy (non-hydrogen) atoms. The van der Waals surface area contributed by atoms with Crippen LogP contribution in [0.2, 0.25) is 0 Å². The first-order valence-electron chi connectivity index (χ1n) is 15.7. The summed E-state index contributed by atoms with van der Waals surface area (Å²) in [6, 6.07) is 19.0. The summed E-state index contributed by atoms with van der Waals surface area (Å²) < 4.78 is 0. The van der Waals surface area contributed by atoms with E-state index < -0.39 is 0 Å². The van der Waals surface area contributed by atoms with Crippen molar-refractivity contribution in [3.63, 3.8) is 0 Å². The minimum Gasteiger partial charge on any atom is -0.103 e. The van der Waals surface area contributed by atoms with Crippen molar-refractivity contribution >= 4 is 51.4 Å². The van der Waals surface area contributed by atoms with Crippen molar-refractivity contribution < 1.29 is 0 Å². The van der Waals surface area contributed by atoms with Gasteiger partial charge in [0.1, 0.15) is 0 Å². The summed E-state index contributed by atoms with van der Waals surface area (Å²) in [6.45, 7) is 12.8. The number of rotatable bonds is 20. The fourth-order valence-electron chi connectivity index (χ4n) is 7.37. The Kier molecular flexibility index (Phi) is 16.7. The predicted molar refractivity (Wildman–Crippen MR) is 171 cm³/mol. The zero-order valence-electron chi connectivity index (χ0n) is 25.2. The largest absolute Gasteiger partial charge is 0.103 e. The Labute approximate surface area is 278 Å². The third kappa shape index (κ3) is 8.29. The first-order valence-corrected chi connectivity index (χ1v) is 15.7. The van der Waals surface area contributed by atoms with E-state index in [9.17, 15) is 0 Å². The van der Waals surface area contributed by atoms with Crippen molar-refractivity contribution in [1.82, 2.24) is 0 Å². The SMILES string of the molecule is C=CCCCC(CCCCCC)C1(C(CCCC=C)CCCCCC)c2ccccc2-c2ccccc21.[K]. The third-order valence-electron chi connectivity index (χ3n) is 9.06. The Bertz CT molecular complexity index is 864. The van der Waals surface area contributed by atoms with E-state index in [1.54, 1.807) is 11.1 Å². The van der Waals surface area contributed by atoms with Crippen molar-refractivity contribution in [2.45, 2.75) is 122 Å². The average molecular weight is 538 g/mol. The Balaban J connectivity index is 0.00000507. The summed E-state index contributed by atoms with van der Waals surface area (Å²) in [6.07, 6.45) is 25.1. The molecule has 0 saturated carbocycles. The first kappa shape index (κ1) is 33.8. The minimum absolute atomic E-state index is 0. The molecule has 0 fully saturated rings. The zero-order chi connectivity index (χ0) is 26.3. The maximum Gasteiger partial charge on any atom is 0.0271 e. The van der Waals surface area contributed by atoms with Gasteiger partial charge in [0.15, 0.2) is 0 Å². The second kappa shape index (κ2) is 18.8. The molecule has 2 unspecified atom stereocenters. The number of unbranched alkanes of at least 4 members (excludes halogenated alkanes) is 8. The van der Waals surface area contributed by atoms with E-state index >= 15 is 0 Å². The fraction of sp³-hybridized carbons (Fsp3) is 0.568. The molecule has 1 heteroatoms. The Morgan fingerprint density at radius 3 is 1.37 bits per heavy atom. The summed E-state index contributed by atoms with van der Waals surface area (Å²) >= 11 is 0. The molecular formula is C37H54K. The molecule has 1 aliphatic carbocycles. The van der Waals surface area contributed by atoms with E-state index in [1.807, 2.05) is 0 Å². The molecule has 0 bridgehead atoms.